The number of aliphatic hydroxyl groups excluding tert-OH is 1. The molecule has 1 fully saturated rings. The van der Waals surface area contributed by atoms with E-state index < -0.39 is 6.10 Å². The lowest BCUT2D eigenvalue weighted by molar-refractivity contribution is 0.106. The third-order valence-electron chi connectivity index (χ3n) is 4.63. The summed E-state index contributed by atoms with van der Waals surface area (Å²) >= 11 is 0. The van der Waals surface area contributed by atoms with Crippen molar-refractivity contribution in [3.63, 3.8) is 0 Å². The maximum Gasteiger partial charge on any atom is 0.315 e. The van der Waals surface area contributed by atoms with Crippen LogP contribution < -0.4 is 15.4 Å². The Morgan fingerprint density at radius 2 is 1.85 bits per heavy atom. The molecule has 0 spiro atoms. The Balaban J connectivity index is 1.65. The van der Waals surface area contributed by atoms with Gasteiger partial charge in [0.15, 0.2) is 0 Å². The zero-order valence-corrected chi connectivity index (χ0v) is 17.0. The Bertz CT molecular complexity index is 583. The molecule has 27 heavy (non-hydrogen) atoms. The minimum absolute atomic E-state index is 0.133. The molecule has 7 nitrogen and oxygen atoms in total. The van der Waals surface area contributed by atoms with Gasteiger partial charge in [-0.25, -0.2) is 4.79 Å². The molecule has 0 bridgehead atoms. The molecule has 1 unspecified atom stereocenters. The van der Waals surface area contributed by atoms with E-state index in [9.17, 15) is 9.90 Å². The summed E-state index contributed by atoms with van der Waals surface area (Å²) in [5, 5.41) is 15.7. The van der Waals surface area contributed by atoms with Gasteiger partial charge in [0.25, 0.3) is 0 Å². The van der Waals surface area contributed by atoms with E-state index in [1.54, 1.807) is 0 Å². The highest BCUT2D eigenvalue weighted by Gasteiger charge is 2.25. The number of piperazine rings is 1. The van der Waals surface area contributed by atoms with E-state index in [4.69, 9.17) is 4.74 Å². The lowest BCUT2D eigenvalue weighted by Gasteiger charge is -2.38. The van der Waals surface area contributed by atoms with E-state index >= 15 is 0 Å². The van der Waals surface area contributed by atoms with Crippen LogP contribution in [0.15, 0.2) is 24.3 Å². The fourth-order valence-electron chi connectivity index (χ4n) is 3.05. The molecular weight excluding hydrogens is 344 g/mol. The van der Waals surface area contributed by atoms with Gasteiger partial charge in [0, 0.05) is 44.8 Å². The number of carbonyl (C=O) groups is 1. The molecule has 0 saturated carbocycles. The van der Waals surface area contributed by atoms with Crippen LogP contribution in [0.3, 0.4) is 0 Å². The van der Waals surface area contributed by atoms with Gasteiger partial charge in [0.2, 0.25) is 0 Å². The van der Waals surface area contributed by atoms with Gasteiger partial charge < -0.3 is 25.4 Å². The molecule has 0 aliphatic carbocycles. The number of aryl methyl sites for hydroxylation is 1. The van der Waals surface area contributed by atoms with Gasteiger partial charge in [-0.2, -0.15) is 0 Å². The SMILES string of the molecule is Cc1ccc(OCC(O)CNC(=O)NC(C)(C)CN2CCN(C)CC2)cc1. The van der Waals surface area contributed by atoms with E-state index in [-0.39, 0.29) is 24.7 Å². The van der Waals surface area contributed by atoms with Crippen LogP contribution >= 0.6 is 0 Å². The highest BCUT2D eigenvalue weighted by molar-refractivity contribution is 5.74. The normalized spacial score (nSPS) is 17.4. The average molecular weight is 379 g/mol. The molecule has 7 heteroatoms. The minimum Gasteiger partial charge on any atom is -0.491 e. The zero-order valence-electron chi connectivity index (χ0n) is 17.0. The van der Waals surface area contributed by atoms with Crippen molar-refractivity contribution in [1.29, 1.82) is 0 Å². The summed E-state index contributed by atoms with van der Waals surface area (Å²) in [7, 11) is 2.13. The summed E-state index contributed by atoms with van der Waals surface area (Å²) in [5.74, 6) is 0.706. The predicted molar refractivity (Wildman–Crippen MR) is 107 cm³/mol. The van der Waals surface area contributed by atoms with Crippen LogP contribution in [0, 0.1) is 6.92 Å². The zero-order chi connectivity index (χ0) is 19.9. The molecule has 0 aromatic heterocycles. The second kappa shape index (κ2) is 9.92. The quantitative estimate of drug-likeness (QED) is 0.631. The standard InChI is InChI=1S/C20H34N4O3/c1-16-5-7-18(8-6-16)27-14-17(25)13-21-19(26)22-20(2,3)15-24-11-9-23(4)10-12-24/h5-8,17,25H,9-15H2,1-4H3,(H2,21,22,26). The van der Waals surface area contributed by atoms with Crippen molar-refractivity contribution < 1.29 is 14.6 Å². The van der Waals surface area contributed by atoms with Crippen LogP contribution in [-0.2, 0) is 0 Å². The maximum atomic E-state index is 12.2. The van der Waals surface area contributed by atoms with Crippen LogP contribution in [-0.4, -0.2) is 85.5 Å². The summed E-state index contributed by atoms with van der Waals surface area (Å²) < 4.78 is 5.53. The second-order valence-electron chi connectivity index (χ2n) is 8.08. The van der Waals surface area contributed by atoms with E-state index in [1.807, 2.05) is 45.0 Å². The maximum absolute atomic E-state index is 12.2. The fourth-order valence-corrected chi connectivity index (χ4v) is 3.05. The molecule has 1 heterocycles. The Labute approximate surface area is 162 Å². The second-order valence-corrected chi connectivity index (χ2v) is 8.08. The topological polar surface area (TPSA) is 77.1 Å². The molecule has 1 aromatic rings. The van der Waals surface area contributed by atoms with E-state index in [0.717, 1.165) is 38.3 Å². The van der Waals surface area contributed by atoms with Crippen LogP contribution in [0.25, 0.3) is 0 Å². The van der Waals surface area contributed by atoms with Gasteiger partial charge in [-0.15, -0.1) is 0 Å². The Morgan fingerprint density at radius 1 is 1.22 bits per heavy atom. The van der Waals surface area contributed by atoms with Crippen LogP contribution in [0.5, 0.6) is 5.75 Å². The third-order valence-corrected chi connectivity index (χ3v) is 4.63. The molecule has 1 aliphatic rings. The molecule has 1 atom stereocenters. The van der Waals surface area contributed by atoms with Crippen molar-refractivity contribution >= 4 is 6.03 Å². The minimum atomic E-state index is -0.766. The number of benzene rings is 1. The first-order chi connectivity index (χ1) is 12.7. The largest absolute Gasteiger partial charge is 0.491 e. The lowest BCUT2D eigenvalue weighted by atomic mass is 10.0. The first-order valence-corrected chi connectivity index (χ1v) is 9.58. The lowest BCUT2D eigenvalue weighted by Crippen LogP contribution is -2.57. The molecule has 152 valence electrons. The van der Waals surface area contributed by atoms with Crippen LogP contribution in [0.1, 0.15) is 19.4 Å². The molecular formula is C20H34N4O3. The van der Waals surface area contributed by atoms with Gasteiger partial charge in [-0.1, -0.05) is 17.7 Å². The van der Waals surface area contributed by atoms with Gasteiger partial charge >= 0.3 is 6.03 Å². The van der Waals surface area contributed by atoms with Crippen molar-refractivity contribution in [1.82, 2.24) is 20.4 Å². The monoisotopic (exact) mass is 378 g/mol. The first-order valence-electron chi connectivity index (χ1n) is 9.58. The number of urea groups is 1. The van der Waals surface area contributed by atoms with Crippen molar-refractivity contribution in [2.75, 3.05) is 52.9 Å². The number of amides is 2. The van der Waals surface area contributed by atoms with Crippen molar-refractivity contribution in [2.24, 2.45) is 0 Å². The molecule has 3 N–H and O–H groups in total. The van der Waals surface area contributed by atoms with Crippen molar-refractivity contribution in [3.8, 4) is 5.75 Å². The highest BCUT2D eigenvalue weighted by atomic mass is 16.5. The van der Waals surface area contributed by atoms with Crippen molar-refractivity contribution in [2.45, 2.75) is 32.4 Å². The number of aliphatic hydroxyl groups is 1. The molecule has 0 radical (unpaired) electrons. The van der Waals surface area contributed by atoms with Gasteiger partial charge in [0.05, 0.1) is 0 Å². The van der Waals surface area contributed by atoms with Crippen LogP contribution in [0.4, 0.5) is 4.79 Å². The number of hydrogen-bond donors (Lipinski definition) is 3. The molecule has 2 amide bonds. The number of nitrogens with zero attached hydrogens (tertiary/aromatic N) is 2. The summed E-state index contributed by atoms with van der Waals surface area (Å²) in [6, 6.07) is 7.36. The van der Waals surface area contributed by atoms with Gasteiger partial charge in [-0.05, 0) is 40.0 Å². The van der Waals surface area contributed by atoms with E-state index in [2.05, 4.69) is 27.5 Å². The molecule has 1 aromatic carbocycles. The van der Waals surface area contributed by atoms with Gasteiger partial charge in [-0.3, -0.25) is 4.90 Å². The first kappa shape index (κ1) is 21.5. The number of likely N-dealkylation sites (N-methyl/N-ethyl adjacent to an activating group) is 1. The fraction of sp³-hybridized carbons (Fsp3) is 0.650. The smallest absolute Gasteiger partial charge is 0.315 e. The molecule has 2 rings (SSSR count). The van der Waals surface area contributed by atoms with Gasteiger partial charge in [0.1, 0.15) is 18.5 Å². The summed E-state index contributed by atoms with van der Waals surface area (Å²) in [6.45, 7) is 11.2. The summed E-state index contributed by atoms with van der Waals surface area (Å²) in [6.07, 6.45) is -0.766. The number of ether oxygens (including phenoxy) is 1. The number of nitrogens with one attached hydrogen (secondary N) is 2. The highest BCUT2D eigenvalue weighted by Crippen LogP contribution is 2.11. The van der Waals surface area contributed by atoms with Crippen molar-refractivity contribution in [3.05, 3.63) is 29.8 Å². The van der Waals surface area contributed by atoms with E-state index in [0.29, 0.717) is 5.75 Å². The van der Waals surface area contributed by atoms with Crippen LogP contribution in [0.2, 0.25) is 0 Å². The third kappa shape index (κ3) is 8.15. The van der Waals surface area contributed by atoms with E-state index in [1.165, 1.54) is 0 Å². The predicted octanol–water partition coefficient (Wildman–Crippen LogP) is 1.06. The molecule has 1 saturated heterocycles. The number of rotatable bonds is 8. The molecule has 1 aliphatic heterocycles. The summed E-state index contributed by atoms with van der Waals surface area (Å²) in [4.78, 5) is 16.8. The number of hydrogen-bond acceptors (Lipinski definition) is 5. The summed E-state index contributed by atoms with van der Waals surface area (Å²) in [5.41, 5.74) is 0.809. The Kier molecular flexibility index (Phi) is 7.89. The number of carbonyl (C=O) groups excluding carboxylic acids is 1. The Morgan fingerprint density at radius 3 is 2.48 bits per heavy atom. The Hall–Kier alpha value is -1.83. The average Bonchev–Trinajstić information content (AvgIpc) is 2.61.